The maximum absolute atomic E-state index is 9.29. The van der Waals surface area contributed by atoms with Gasteiger partial charge in [0, 0.05) is 0 Å². The molecule has 0 aromatic heterocycles. The Bertz CT molecular complexity index is 337. The van der Waals surface area contributed by atoms with Gasteiger partial charge in [-0.05, 0) is 5.56 Å². The predicted octanol–water partition coefficient (Wildman–Crippen LogP) is 0.417. The molecule has 0 saturated carbocycles. The van der Waals surface area contributed by atoms with Gasteiger partial charge in [0.25, 0.3) is 0 Å². The van der Waals surface area contributed by atoms with Gasteiger partial charge in [0.1, 0.15) is 16.5 Å². The largest absolute Gasteiger partial charge is 2.00 e. The summed E-state index contributed by atoms with van der Waals surface area (Å²) < 4.78 is 21.8. The summed E-state index contributed by atoms with van der Waals surface area (Å²) in [5.74, 6) is 0. The van der Waals surface area contributed by atoms with Crippen LogP contribution in [0.2, 0.25) is 0 Å². The van der Waals surface area contributed by atoms with E-state index >= 15 is 0 Å². The summed E-state index contributed by atoms with van der Waals surface area (Å²) in [4.78, 5) is 18.6. The first kappa shape index (κ1) is 20.1. The second-order valence-corrected chi connectivity index (χ2v) is 4.58. The minimum atomic E-state index is -3.51. The van der Waals surface area contributed by atoms with E-state index in [1.165, 1.54) is 0 Å². The molecule has 0 aliphatic carbocycles. The van der Waals surface area contributed by atoms with Crippen LogP contribution in [0, 0.1) is 0 Å². The van der Waals surface area contributed by atoms with E-state index in [9.17, 15) is 18.9 Å². The first-order chi connectivity index (χ1) is 7.43. The second-order valence-electron chi connectivity index (χ2n) is 2.35. The van der Waals surface area contributed by atoms with Crippen molar-refractivity contribution in [1.82, 2.24) is 0 Å². The number of rotatable bonds is 3. The van der Waals surface area contributed by atoms with Gasteiger partial charge in [0.05, 0.1) is 0 Å². The molecule has 0 saturated heterocycles. The minimum absolute atomic E-state index is 0. The Morgan fingerprint density at radius 1 is 1.18 bits per heavy atom. The standard InChI is InChI=1S/C7H7ClO.Hg.H4O5P2/c8-7(9)6-4-2-1-3-5-6;;1-6(2)5-7(3)4/h1-5,7,9H;;6-7H,(H,1,2)(H,3,4)/q;+2;/p-2. The molecule has 6 nitrogen and oxygen atoms in total. The molecule has 0 aliphatic rings. The summed E-state index contributed by atoms with van der Waals surface area (Å²) in [6, 6.07) is 9.10. The fourth-order valence-electron chi connectivity index (χ4n) is 0.680. The van der Waals surface area contributed by atoms with E-state index in [4.69, 9.17) is 16.7 Å². The van der Waals surface area contributed by atoms with Crippen molar-refractivity contribution in [2.24, 2.45) is 0 Å². The fourth-order valence-corrected chi connectivity index (χ4v) is 1.37. The van der Waals surface area contributed by atoms with Gasteiger partial charge in [-0.2, -0.15) is 0 Å². The zero-order valence-electron chi connectivity index (χ0n) is 8.54. The Kier molecular flexibility index (Phi) is 13.9. The molecule has 10 heteroatoms. The first-order valence-electron chi connectivity index (χ1n) is 3.90. The van der Waals surface area contributed by atoms with E-state index < -0.39 is 22.1 Å². The molecule has 0 radical (unpaired) electrons. The van der Waals surface area contributed by atoms with E-state index in [-0.39, 0.29) is 27.7 Å². The van der Waals surface area contributed by atoms with Crippen molar-refractivity contribution in [3.8, 4) is 0 Å². The van der Waals surface area contributed by atoms with E-state index in [1.807, 2.05) is 18.2 Å². The van der Waals surface area contributed by atoms with Crippen molar-refractivity contribution in [3.05, 3.63) is 35.9 Å². The summed E-state index contributed by atoms with van der Waals surface area (Å²) in [6.07, 6.45) is 0. The molecule has 1 aromatic carbocycles. The topological polar surface area (TPSA) is 110 Å². The smallest absolute Gasteiger partial charge is 0.781 e. The SMILES string of the molecule is O=[PH]([O-])O[PH](=O)[O-].OC(Cl)c1ccccc1.[Hg+2]. The van der Waals surface area contributed by atoms with Crippen molar-refractivity contribution >= 4 is 28.1 Å². The Balaban J connectivity index is 0. The molecule has 0 aliphatic heterocycles. The number of hydrogen-bond donors (Lipinski definition) is 1. The van der Waals surface area contributed by atoms with Crippen LogP contribution in [0.1, 0.15) is 11.1 Å². The number of halogens is 1. The van der Waals surface area contributed by atoms with Crippen molar-refractivity contribution in [1.29, 1.82) is 0 Å². The Hall–Kier alpha value is 0.745. The Labute approximate surface area is 125 Å². The van der Waals surface area contributed by atoms with Crippen LogP contribution in [-0.4, -0.2) is 5.11 Å². The summed E-state index contributed by atoms with van der Waals surface area (Å²) in [7, 11) is -7.03. The molecule has 1 aromatic rings. The molecule has 92 valence electrons. The molecule has 0 bridgehead atoms. The third kappa shape index (κ3) is 13.0. The molecule has 3 atom stereocenters. The quantitative estimate of drug-likeness (QED) is 0.376. The summed E-state index contributed by atoms with van der Waals surface area (Å²) in [5, 5.41) is 8.79. The second kappa shape index (κ2) is 11.8. The maximum Gasteiger partial charge on any atom is 2.00 e. The maximum atomic E-state index is 9.29. The van der Waals surface area contributed by atoms with Crippen LogP contribution in [0.5, 0.6) is 0 Å². The monoisotopic (exact) mass is 488 g/mol. The van der Waals surface area contributed by atoms with Crippen LogP contribution in [0.15, 0.2) is 30.3 Å². The predicted molar refractivity (Wildman–Crippen MR) is 56.3 cm³/mol. The number of aliphatic hydroxyl groups is 1. The van der Waals surface area contributed by atoms with Gasteiger partial charge in [-0.3, -0.25) is 4.31 Å². The molecular formula is C7H9ClHgO6P2. The number of benzene rings is 1. The molecule has 0 heterocycles. The van der Waals surface area contributed by atoms with Crippen molar-refractivity contribution in [2.45, 2.75) is 5.56 Å². The average molecular weight is 487 g/mol. The van der Waals surface area contributed by atoms with Crippen LogP contribution in [0.3, 0.4) is 0 Å². The number of aliphatic hydroxyl groups excluding tert-OH is 1. The molecule has 0 spiro atoms. The van der Waals surface area contributed by atoms with Gasteiger partial charge in [0.15, 0.2) is 5.56 Å². The van der Waals surface area contributed by atoms with Gasteiger partial charge in [-0.15, -0.1) is 0 Å². The van der Waals surface area contributed by atoms with Crippen LogP contribution in [0.4, 0.5) is 0 Å². The first-order valence-corrected chi connectivity index (χ1v) is 6.79. The molecule has 1 rings (SSSR count). The number of hydrogen-bond acceptors (Lipinski definition) is 6. The molecule has 0 amide bonds. The van der Waals surface area contributed by atoms with Crippen LogP contribution in [-0.2, 0) is 41.1 Å². The summed E-state index contributed by atoms with van der Waals surface area (Å²) in [5.41, 5.74) is -0.134. The Morgan fingerprint density at radius 2 is 1.59 bits per heavy atom. The van der Waals surface area contributed by atoms with Gasteiger partial charge >= 0.3 is 27.7 Å². The fraction of sp³-hybridized carbons (Fsp3) is 0.143. The van der Waals surface area contributed by atoms with E-state index in [1.54, 1.807) is 12.1 Å². The van der Waals surface area contributed by atoms with Gasteiger partial charge in [-0.25, -0.2) is 0 Å². The molecule has 17 heavy (non-hydrogen) atoms. The molecule has 0 fully saturated rings. The average Bonchev–Trinajstić information content (AvgIpc) is 2.17. The van der Waals surface area contributed by atoms with Crippen LogP contribution < -0.4 is 9.79 Å². The van der Waals surface area contributed by atoms with Gasteiger partial charge in [-0.1, -0.05) is 41.9 Å². The van der Waals surface area contributed by atoms with Crippen molar-refractivity contribution in [2.75, 3.05) is 0 Å². The van der Waals surface area contributed by atoms with E-state index in [2.05, 4.69) is 4.31 Å². The van der Waals surface area contributed by atoms with Gasteiger partial charge in [0.2, 0.25) is 0 Å². The normalized spacial score (nSPS) is 14.6. The molecule has 3 unspecified atom stereocenters. The van der Waals surface area contributed by atoms with Gasteiger partial charge < -0.3 is 24.0 Å². The zero-order valence-corrected chi connectivity index (χ0v) is 16.8. The minimum Gasteiger partial charge on any atom is -0.781 e. The zero-order chi connectivity index (χ0) is 12.6. The third-order valence-corrected chi connectivity index (χ3v) is 2.83. The van der Waals surface area contributed by atoms with Crippen LogP contribution in [0.25, 0.3) is 0 Å². The molecular weight excluding hydrogens is 478 g/mol. The molecule has 1 N–H and O–H groups in total. The van der Waals surface area contributed by atoms with E-state index in [0.29, 0.717) is 0 Å². The van der Waals surface area contributed by atoms with E-state index in [0.717, 1.165) is 5.56 Å². The van der Waals surface area contributed by atoms with Crippen molar-refractivity contribution < 1.29 is 56.0 Å². The summed E-state index contributed by atoms with van der Waals surface area (Å²) >= 11 is 5.36. The van der Waals surface area contributed by atoms with Crippen LogP contribution >= 0.6 is 28.1 Å². The Morgan fingerprint density at radius 3 is 1.76 bits per heavy atom. The summed E-state index contributed by atoms with van der Waals surface area (Å²) in [6.45, 7) is 0. The van der Waals surface area contributed by atoms with Crippen molar-refractivity contribution in [3.63, 3.8) is 0 Å². The third-order valence-electron chi connectivity index (χ3n) is 1.24. The number of alkyl halides is 1.